The van der Waals surface area contributed by atoms with E-state index < -0.39 is 5.92 Å². The van der Waals surface area contributed by atoms with E-state index in [1.807, 2.05) is 13.8 Å². The number of aromatic nitrogens is 2. The van der Waals surface area contributed by atoms with Gasteiger partial charge in [0.15, 0.2) is 5.78 Å². The summed E-state index contributed by atoms with van der Waals surface area (Å²) in [5.74, 6) is 0.0765. The molecule has 2 atom stereocenters. The fraction of sp³-hybridized carbons (Fsp3) is 0.471. The molecule has 126 valence electrons. The molecule has 2 N–H and O–H groups in total. The molecular formula is C17H20N4O3. The molecule has 0 saturated carbocycles. The van der Waals surface area contributed by atoms with Crippen LogP contribution < -0.4 is 5.73 Å². The first-order valence-corrected chi connectivity index (χ1v) is 8.07. The number of carbonyl (C=O) groups is 1. The summed E-state index contributed by atoms with van der Waals surface area (Å²) < 4.78 is 12.9. The average molecular weight is 328 g/mol. The lowest BCUT2D eigenvalue weighted by Crippen LogP contribution is -2.29. The van der Waals surface area contributed by atoms with Crippen LogP contribution in [0.3, 0.4) is 0 Å². The highest BCUT2D eigenvalue weighted by Gasteiger charge is 2.39. The highest BCUT2D eigenvalue weighted by atomic mass is 16.5. The van der Waals surface area contributed by atoms with Gasteiger partial charge in [0.1, 0.15) is 23.6 Å². The molecule has 0 amide bonds. The predicted molar refractivity (Wildman–Crippen MR) is 85.1 cm³/mol. The van der Waals surface area contributed by atoms with Crippen LogP contribution in [0.5, 0.6) is 0 Å². The summed E-state index contributed by atoms with van der Waals surface area (Å²) in [5.41, 5.74) is 7.43. The average Bonchev–Trinajstić information content (AvgIpc) is 3.03. The highest BCUT2D eigenvalue weighted by molar-refractivity contribution is 5.99. The molecule has 1 aliphatic heterocycles. The zero-order valence-corrected chi connectivity index (χ0v) is 13.8. The Kier molecular flexibility index (Phi) is 4.40. The minimum atomic E-state index is -0.558. The lowest BCUT2D eigenvalue weighted by Gasteiger charge is -2.31. The summed E-state index contributed by atoms with van der Waals surface area (Å²) in [6.07, 6.45) is 3.15. The minimum Gasteiger partial charge on any atom is -0.444 e. The molecule has 3 rings (SSSR count). The standard InChI is InChI=1S/C17H20N4O3/c1-3-23-10(2)21-12(7-8-20-21)15-11(9-18)17(19)24-14-6-4-5-13(22)16(14)15/h7-8,10,15H,3-6,19H2,1-2H3/t10-,15+/m0/s1. The van der Waals surface area contributed by atoms with Crippen LogP contribution in [0.1, 0.15) is 50.9 Å². The van der Waals surface area contributed by atoms with E-state index in [2.05, 4.69) is 11.2 Å². The number of ketones is 1. The van der Waals surface area contributed by atoms with E-state index in [1.165, 1.54) is 0 Å². The zero-order valence-electron chi connectivity index (χ0n) is 13.8. The maximum Gasteiger partial charge on any atom is 0.205 e. The van der Waals surface area contributed by atoms with Crippen LogP contribution in [0.2, 0.25) is 0 Å². The molecule has 7 nitrogen and oxygen atoms in total. The predicted octanol–water partition coefficient (Wildman–Crippen LogP) is 2.25. The number of hydrogen-bond donors (Lipinski definition) is 1. The molecule has 1 aliphatic carbocycles. The van der Waals surface area contributed by atoms with Crippen LogP contribution >= 0.6 is 0 Å². The van der Waals surface area contributed by atoms with Crippen molar-refractivity contribution in [3.05, 3.63) is 40.7 Å². The molecule has 2 heterocycles. The summed E-state index contributed by atoms with van der Waals surface area (Å²) >= 11 is 0. The molecule has 0 aromatic carbocycles. The highest BCUT2D eigenvalue weighted by Crippen LogP contribution is 2.43. The zero-order chi connectivity index (χ0) is 17.3. The number of rotatable bonds is 4. The van der Waals surface area contributed by atoms with Crippen LogP contribution in [0.25, 0.3) is 0 Å². The van der Waals surface area contributed by atoms with Gasteiger partial charge in [-0.15, -0.1) is 0 Å². The van der Waals surface area contributed by atoms with E-state index in [0.717, 1.165) is 6.42 Å². The lowest BCUT2D eigenvalue weighted by atomic mass is 9.79. The maximum absolute atomic E-state index is 12.5. The quantitative estimate of drug-likeness (QED) is 0.909. The second-order valence-corrected chi connectivity index (χ2v) is 5.79. The van der Waals surface area contributed by atoms with Gasteiger partial charge in [-0.05, 0) is 26.3 Å². The molecule has 0 fully saturated rings. The molecular weight excluding hydrogens is 308 g/mol. The van der Waals surface area contributed by atoms with Crippen LogP contribution in [0.15, 0.2) is 35.1 Å². The van der Waals surface area contributed by atoms with Gasteiger partial charge in [-0.1, -0.05) is 0 Å². The number of hydrogen-bond acceptors (Lipinski definition) is 6. The van der Waals surface area contributed by atoms with Crippen molar-refractivity contribution in [3.8, 4) is 6.07 Å². The molecule has 1 aromatic rings. The van der Waals surface area contributed by atoms with Gasteiger partial charge >= 0.3 is 0 Å². The Balaban J connectivity index is 2.14. The number of nitrogens with two attached hydrogens (primary N) is 1. The van der Waals surface area contributed by atoms with E-state index in [4.69, 9.17) is 15.2 Å². The largest absolute Gasteiger partial charge is 0.444 e. The Labute approximate surface area is 140 Å². The molecule has 0 unspecified atom stereocenters. The van der Waals surface area contributed by atoms with Crippen molar-refractivity contribution in [2.24, 2.45) is 5.73 Å². The number of carbonyl (C=O) groups excluding carboxylic acids is 1. The van der Waals surface area contributed by atoms with Gasteiger partial charge in [0.25, 0.3) is 0 Å². The van der Waals surface area contributed by atoms with E-state index in [9.17, 15) is 10.1 Å². The Hall–Kier alpha value is -2.59. The first kappa shape index (κ1) is 16.3. The van der Waals surface area contributed by atoms with Crippen LogP contribution in [0, 0.1) is 11.3 Å². The van der Waals surface area contributed by atoms with Gasteiger partial charge in [0.05, 0.1) is 11.6 Å². The van der Waals surface area contributed by atoms with Gasteiger partial charge < -0.3 is 15.2 Å². The molecule has 0 bridgehead atoms. The topological polar surface area (TPSA) is 103 Å². The Morgan fingerprint density at radius 2 is 2.38 bits per heavy atom. The molecule has 7 heteroatoms. The van der Waals surface area contributed by atoms with Crippen LogP contribution in [-0.4, -0.2) is 22.2 Å². The number of Topliss-reactive ketones (excluding diaryl/α,β-unsaturated/α-hetero) is 1. The van der Waals surface area contributed by atoms with Crippen LogP contribution in [0.4, 0.5) is 0 Å². The summed E-state index contributed by atoms with van der Waals surface area (Å²) in [6, 6.07) is 3.90. The van der Waals surface area contributed by atoms with Crippen molar-refractivity contribution in [2.75, 3.05) is 6.61 Å². The van der Waals surface area contributed by atoms with Crippen LogP contribution in [-0.2, 0) is 14.3 Å². The summed E-state index contributed by atoms with van der Waals surface area (Å²) in [6.45, 7) is 4.30. The van der Waals surface area contributed by atoms with Crippen molar-refractivity contribution < 1.29 is 14.3 Å². The second kappa shape index (κ2) is 6.49. The monoisotopic (exact) mass is 328 g/mol. The van der Waals surface area contributed by atoms with Crippen molar-refractivity contribution in [2.45, 2.75) is 45.3 Å². The lowest BCUT2D eigenvalue weighted by molar-refractivity contribution is -0.116. The molecule has 1 aromatic heterocycles. The van der Waals surface area contributed by atoms with E-state index >= 15 is 0 Å². The molecule has 0 radical (unpaired) electrons. The van der Waals surface area contributed by atoms with Gasteiger partial charge in [-0.25, -0.2) is 4.68 Å². The van der Waals surface area contributed by atoms with Gasteiger partial charge in [0.2, 0.25) is 5.88 Å². The minimum absolute atomic E-state index is 0.00156. The summed E-state index contributed by atoms with van der Waals surface area (Å²) in [7, 11) is 0. The summed E-state index contributed by atoms with van der Waals surface area (Å²) in [5, 5.41) is 13.9. The Morgan fingerprint density at radius 3 is 3.08 bits per heavy atom. The van der Waals surface area contributed by atoms with Crippen molar-refractivity contribution in [1.82, 2.24) is 9.78 Å². The third-order valence-electron chi connectivity index (χ3n) is 4.35. The van der Waals surface area contributed by atoms with Crippen molar-refractivity contribution in [1.29, 1.82) is 5.26 Å². The summed E-state index contributed by atoms with van der Waals surface area (Å²) in [4.78, 5) is 12.5. The van der Waals surface area contributed by atoms with Gasteiger partial charge in [0, 0.05) is 31.2 Å². The molecule has 24 heavy (non-hydrogen) atoms. The Bertz CT molecular complexity index is 769. The van der Waals surface area contributed by atoms with E-state index in [1.54, 1.807) is 16.9 Å². The van der Waals surface area contributed by atoms with Crippen molar-refractivity contribution >= 4 is 5.78 Å². The fourth-order valence-electron chi connectivity index (χ4n) is 3.32. The van der Waals surface area contributed by atoms with E-state index in [0.29, 0.717) is 36.5 Å². The Morgan fingerprint density at radius 1 is 1.58 bits per heavy atom. The molecule has 0 spiro atoms. The molecule has 2 aliphatic rings. The molecule has 0 saturated heterocycles. The third kappa shape index (κ3) is 2.59. The maximum atomic E-state index is 12.5. The fourth-order valence-corrected chi connectivity index (χ4v) is 3.32. The van der Waals surface area contributed by atoms with Gasteiger partial charge in [-0.2, -0.15) is 10.4 Å². The van der Waals surface area contributed by atoms with Crippen molar-refractivity contribution in [3.63, 3.8) is 0 Å². The second-order valence-electron chi connectivity index (χ2n) is 5.79. The van der Waals surface area contributed by atoms with Gasteiger partial charge in [-0.3, -0.25) is 4.79 Å². The number of nitrogens with zero attached hydrogens (tertiary/aromatic N) is 3. The first-order chi connectivity index (χ1) is 11.6. The van der Waals surface area contributed by atoms with E-state index in [-0.39, 0.29) is 23.5 Å². The number of allylic oxidation sites excluding steroid dienone is 3. The number of nitriles is 1. The normalized spacial score (nSPS) is 22.0. The first-order valence-electron chi connectivity index (χ1n) is 8.07. The third-order valence-corrected chi connectivity index (χ3v) is 4.35. The SMILES string of the molecule is CCO[C@@H](C)n1nccc1[C@H]1C(C#N)=C(N)OC2=C1C(=O)CCC2. The smallest absolute Gasteiger partial charge is 0.205 e. The number of ether oxygens (including phenoxy) is 2.